The molecule has 2 aliphatic rings. The second-order valence-electron chi connectivity index (χ2n) is 5.19. The van der Waals surface area contributed by atoms with Crippen molar-refractivity contribution in [3.05, 3.63) is 23.8 Å². The molecule has 0 aromatic heterocycles. The number of nitrogens with one attached hydrogen (secondary N) is 1. The van der Waals surface area contributed by atoms with E-state index in [1.165, 1.54) is 0 Å². The maximum absolute atomic E-state index is 6.21. The van der Waals surface area contributed by atoms with Crippen LogP contribution in [0, 0.1) is 0 Å². The molecule has 0 aliphatic carbocycles. The number of methoxy groups -OCH3 is 2. The summed E-state index contributed by atoms with van der Waals surface area (Å²) in [5.41, 5.74) is 1.02. The van der Waals surface area contributed by atoms with Crippen LogP contribution in [0.15, 0.2) is 18.2 Å². The minimum atomic E-state index is -0.416. The Labute approximate surface area is 119 Å². The summed E-state index contributed by atoms with van der Waals surface area (Å²) in [4.78, 5) is 0. The van der Waals surface area contributed by atoms with Crippen LogP contribution in [-0.2, 0) is 9.47 Å². The van der Waals surface area contributed by atoms with E-state index in [0.29, 0.717) is 6.61 Å². The van der Waals surface area contributed by atoms with Crippen LogP contribution < -0.4 is 14.8 Å². The Bertz CT molecular complexity index is 471. The molecule has 1 atom stereocenters. The van der Waals surface area contributed by atoms with E-state index in [4.69, 9.17) is 18.9 Å². The summed E-state index contributed by atoms with van der Waals surface area (Å²) < 4.78 is 22.8. The van der Waals surface area contributed by atoms with Crippen molar-refractivity contribution < 1.29 is 18.9 Å². The van der Waals surface area contributed by atoms with Crippen LogP contribution in [0.25, 0.3) is 0 Å². The molecule has 110 valence electrons. The Morgan fingerprint density at radius 2 is 2.00 bits per heavy atom. The molecule has 0 radical (unpaired) electrons. The summed E-state index contributed by atoms with van der Waals surface area (Å²) in [5, 5.41) is 3.33. The molecule has 5 heteroatoms. The maximum atomic E-state index is 6.21. The molecule has 2 heterocycles. The third-order valence-electron chi connectivity index (χ3n) is 4.01. The van der Waals surface area contributed by atoms with Crippen LogP contribution in [0.4, 0.5) is 0 Å². The maximum Gasteiger partial charge on any atom is 0.171 e. The van der Waals surface area contributed by atoms with E-state index >= 15 is 0 Å². The summed E-state index contributed by atoms with van der Waals surface area (Å²) >= 11 is 0. The highest BCUT2D eigenvalue weighted by Gasteiger charge is 2.43. The van der Waals surface area contributed by atoms with Gasteiger partial charge in [-0.3, -0.25) is 0 Å². The van der Waals surface area contributed by atoms with E-state index < -0.39 is 5.79 Å². The lowest BCUT2D eigenvalue weighted by Crippen LogP contribution is -2.42. The zero-order valence-corrected chi connectivity index (χ0v) is 12.0. The zero-order valence-electron chi connectivity index (χ0n) is 12.0. The number of hydrogen-bond acceptors (Lipinski definition) is 5. The van der Waals surface area contributed by atoms with Crippen molar-refractivity contribution in [3.63, 3.8) is 0 Å². The van der Waals surface area contributed by atoms with Crippen LogP contribution in [0.2, 0.25) is 0 Å². The average Bonchev–Trinajstić information content (AvgIpc) is 2.90. The molecule has 1 aromatic rings. The molecule has 0 amide bonds. The SMILES string of the molecule is COc1ccc(C2COC3(CCNCC3)O2)c(OC)c1. The molecular formula is C15H21NO4. The normalized spacial score (nSPS) is 24.8. The summed E-state index contributed by atoms with van der Waals surface area (Å²) in [6, 6.07) is 5.80. The van der Waals surface area contributed by atoms with Gasteiger partial charge in [-0.05, 0) is 12.1 Å². The lowest BCUT2D eigenvalue weighted by molar-refractivity contribution is -0.183. The molecule has 2 fully saturated rings. The molecule has 0 saturated carbocycles. The van der Waals surface area contributed by atoms with E-state index in [1.807, 2.05) is 18.2 Å². The van der Waals surface area contributed by atoms with Gasteiger partial charge in [0.1, 0.15) is 17.6 Å². The Morgan fingerprint density at radius 3 is 2.70 bits per heavy atom. The average molecular weight is 279 g/mol. The highest BCUT2D eigenvalue weighted by Crippen LogP contribution is 2.42. The van der Waals surface area contributed by atoms with Gasteiger partial charge in [-0.15, -0.1) is 0 Å². The van der Waals surface area contributed by atoms with Gasteiger partial charge in [-0.1, -0.05) is 0 Å². The van der Waals surface area contributed by atoms with Gasteiger partial charge in [0.05, 0.1) is 20.8 Å². The van der Waals surface area contributed by atoms with E-state index in [-0.39, 0.29) is 6.10 Å². The smallest absolute Gasteiger partial charge is 0.171 e. The van der Waals surface area contributed by atoms with Crippen LogP contribution in [0.3, 0.4) is 0 Å². The fourth-order valence-corrected chi connectivity index (χ4v) is 2.86. The van der Waals surface area contributed by atoms with E-state index in [1.54, 1.807) is 14.2 Å². The second-order valence-corrected chi connectivity index (χ2v) is 5.19. The topological polar surface area (TPSA) is 49.0 Å². The Kier molecular flexibility index (Phi) is 3.83. The van der Waals surface area contributed by atoms with Gasteiger partial charge >= 0.3 is 0 Å². The first kappa shape index (κ1) is 13.7. The van der Waals surface area contributed by atoms with Gasteiger partial charge in [-0.2, -0.15) is 0 Å². The van der Waals surface area contributed by atoms with Crippen molar-refractivity contribution in [3.8, 4) is 11.5 Å². The highest BCUT2D eigenvalue weighted by atomic mass is 16.7. The fourth-order valence-electron chi connectivity index (χ4n) is 2.86. The van der Waals surface area contributed by atoms with Gasteiger partial charge in [0.15, 0.2) is 5.79 Å². The number of rotatable bonds is 3. The third kappa shape index (κ3) is 2.49. The van der Waals surface area contributed by atoms with Crippen molar-refractivity contribution in [1.82, 2.24) is 5.32 Å². The fraction of sp³-hybridized carbons (Fsp3) is 0.600. The number of hydrogen-bond donors (Lipinski definition) is 1. The zero-order chi connectivity index (χ0) is 14.0. The quantitative estimate of drug-likeness (QED) is 0.915. The first-order chi connectivity index (χ1) is 9.76. The molecule has 1 unspecified atom stereocenters. The largest absolute Gasteiger partial charge is 0.497 e. The van der Waals surface area contributed by atoms with Crippen LogP contribution in [0.5, 0.6) is 11.5 Å². The molecule has 0 bridgehead atoms. The van der Waals surface area contributed by atoms with Gasteiger partial charge in [0, 0.05) is 37.6 Å². The van der Waals surface area contributed by atoms with E-state index in [2.05, 4.69) is 5.32 Å². The summed E-state index contributed by atoms with van der Waals surface area (Å²) in [7, 11) is 3.31. The molecule has 1 N–H and O–H groups in total. The summed E-state index contributed by atoms with van der Waals surface area (Å²) in [5.74, 6) is 1.14. The molecule has 20 heavy (non-hydrogen) atoms. The summed E-state index contributed by atoms with van der Waals surface area (Å²) in [6.45, 7) is 2.45. The lowest BCUT2D eigenvalue weighted by Gasteiger charge is -2.32. The van der Waals surface area contributed by atoms with Crippen molar-refractivity contribution in [2.45, 2.75) is 24.7 Å². The van der Waals surface area contributed by atoms with Gasteiger partial charge in [0.2, 0.25) is 0 Å². The summed E-state index contributed by atoms with van der Waals surface area (Å²) in [6.07, 6.45) is 1.71. The molecule has 3 rings (SSSR count). The van der Waals surface area contributed by atoms with E-state index in [0.717, 1.165) is 43.0 Å². The second kappa shape index (κ2) is 5.60. The predicted molar refractivity (Wildman–Crippen MR) is 74.2 cm³/mol. The molecule has 5 nitrogen and oxygen atoms in total. The van der Waals surface area contributed by atoms with E-state index in [9.17, 15) is 0 Å². The Hall–Kier alpha value is -1.30. The predicted octanol–water partition coefficient (Wildman–Crippen LogP) is 1.87. The molecule has 2 saturated heterocycles. The number of ether oxygens (including phenoxy) is 4. The molecule has 1 aromatic carbocycles. The Morgan fingerprint density at radius 1 is 1.20 bits per heavy atom. The van der Waals surface area contributed by atoms with Crippen molar-refractivity contribution in [2.75, 3.05) is 33.9 Å². The van der Waals surface area contributed by atoms with Gasteiger partial charge in [-0.25, -0.2) is 0 Å². The Balaban J connectivity index is 1.80. The number of benzene rings is 1. The highest BCUT2D eigenvalue weighted by molar-refractivity contribution is 5.42. The molecule has 2 aliphatic heterocycles. The monoisotopic (exact) mass is 279 g/mol. The lowest BCUT2D eigenvalue weighted by atomic mass is 10.1. The van der Waals surface area contributed by atoms with Crippen molar-refractivity contribution in [2.24, 2.45) is 0 Å². The van der Waals surface area contributed by atoms with Gasteiger partial charge < -0.3 is 24.3 Å². The number of piperidine rings is 1. The van der Waals surface area contributed by atoms with Gasteiger partial charge in [0.25, 0.3) is 0 Å². The van der Waals surface area contributed by atoms with Crippen molar-refractivity contribution in [1.29, 1.82) is 0 Å². The van der Waals surface area contributed by atoms with Crippen LogP contribution in [0.1, 0.15) is 24.5 Å². The third-order valence-corrected chi connectivity index (χ3v) is 4.01. The first-order valence-electron chi connectivity index (χ1n) is 7.01. The van der Waals surface area contributed by atoms with Crippen LogP contribution >= 0.6 is 0 Å². The standard InChI is InChI=1S/C15H21NO4/c1-17-11-3-4-12(13(9-11)18-2)14-10-19-15(20-14)5-7-16-8-6-15/h3-4,9,14,16H,5-8,10H2,1-2H3. The minimum Gasteiger partial charge on any atom is -0.497 e. The molecular weight excluding hydrogens is 258 g/mol. The van der Waals surface area contributed by atoms with Crippen LogP contribution in [-0.4, -0.2) is 39.7 Å². The van der Waals surface area contributed by atoms with Crippen molar-refractivity contribution >= 4 is 0 Å². The molecule has 1 spiro atoms. The first-order valence-corrected chi connectivity index (χ1v) is 7.01. The minimum absolute atomic E-state index is 0.0750.